The molecule has 0 bridgehead atoms. The van der Waals surface area contributed by atoms with Gasteiger partial charge >= 0.3 is 0 Å². The molecule has 0 spiro atoms. The second kappa shape index (κ2) is 6.01. The van der Waals surface area contributed by atoms with E-state index < -0.39 is 0 Å². The standard InChI is InChI=1S/C14H17N3/c1-2-3-9-15-12-13-7-4-5-8-14(13)17-11-6-10-16-17/h2-8,10-11,15H,9,12H2,1H3/b3-2+. The summed E-state index contributed by atoms with van der Waals surface area (Å²) in [6, 6.07) is 10.2. The van der Waals surface area contributed by atoms with E-state index in [0.717, 1.165) is 18.8 Å². The van der Waals surface area contributed by atoms with E-state index in [1.54, 1.807) is 6.20 Å². The van der Waals surface area contributed by atoms with Gasteiger partial charge in [-0.15, -0.1) is 0 Å². The fourth-order valence-electron chi connectivity index (χ4n) is 1.70. The summed E-state index contributed by atoms with van der Waals surface area (Å²) in [7, 11) is 0. The van der Waals surface area contributed by atoms with Crippen molar-refractivity contribution in [1.29, 1.82) is 0 Å². The van der Waals surface area contributed by atoms with E-state index in [0.29, 0.717) is 0 Å². The molecule has 2 aromatic rings. The Kier molecular flexibility index (Phi) is 4.11. The monoisotopic (exact) mass is 227 g/mol. The maximum Gasteiger partial charge on any atom is 0.0690 e. The summed E-state index contributed by atoms with van der Waals surface area (Å²) in [5.74, 6) is 0. The van der Waals surface area contributed by atoms with E-state index in [1.165, 1.54) is 5.56 Å². The molecule has 0 aliphatic heterocycles. The normalized spacial score (nSPS) is 11.1. The molecule has 0 saturated heterocycles. The van der Waals surface area contributed by atoms with Crippen molar-refractivity contribution in [3.8, 4) is 5.69 Å². The third-order valence-electron chi connectivity index (χ3n) is 2.56. The van der Waals surface area contributed by atoms with E-state index in [2.05, 4.69) is 34.7 Å². The van der Waals surface area contributed by atoms with Gasteiger partial charge in [0.2, 0.25) is 0 Å². The summed E-state index contributed by atoms with van der Waals surface area (Å²) in [4.78, 5) is 0. The lowest BCUT2D eigenvalue weighted by atomic mass is 10.2. The Morgan fingerprint density at radius 2 is 2.18 bits per heavy atom. The van der Waals surface area contributed by atoms with Crippen molar-refractivity contribution in [2.24, 2.45) is 0 Å². The molecule has 0 unspecified atom stereocenters. The molecule has 0 fully saturated rings. The number of para-hydroxylation sites is 1. The molecule has 2 rings (SSSR count). The predicted octanol–water partition coefficient (Wildman–Crippen LogP) is 2.54. The summed E-state index contributed by atoms with van der Waals surface area (Å²) in [6.45, 7) is 3.77. The summed E-state index contributed by atoms with van der Waals surface area (Å²) in [6.07, 6.45) is 7.91. The van der Waals surface area contributed by atoms with Crippen LogP contribution in [0.15, 0.2) is 54.9 Å². The van der Waals surface area contributed by atoms with Crippen LogP contribution in [0.25, 0.3) is 5.69 Å². The van der Waals surface area contributed by atoms with Gasteiger partial charge in [-0.2, -0.15) is 5.10 Å². The maximum absolute atomic E-state index is 4.27. The van der Waals surface area contributed by atoms with Crippen LogP contribution in [0.2, 0.25) is 0 Å². The lowest BCUT2D eigenvalue weighted by Crippen LogP contribution is -2.14. The van der Waals surface area contributed by atoms with Gasteiger partial charge in [-0.25, -0.2) is 4.68 Å². The second-order valence-electron chi connectivity index (χ2n) is 3.78. The number of aromatic nitrogens is 2. The number of allylic oxidation sites excluding steroid dienone is 1. The average Bonchev–Trinajstić information content (AvgIpc) is 2.89. The molecule has 88 valence electrons. The molecule has 3 nitrogen and oxygen atoms in total. The smallest absolute Gasteiger partial charge is 0.0690 e. The van der Waals surface area contributed by atoms with Crippen molar-refractivity contribution in [3.05, 3.63) is 60.4 Å². The molecule has 0 aliphatic carbocycles. The van der Waals surface area contributed by atoms with Gasteiger partial charge in [-0.3, -0.25) is 0 Å². The van der Waals surface area contributed by atoms with Gasteiger partial charge < -0.3 is 5.32 Å². The van der Waals surface area contributed by atoms with E-state index in [9.17, 15) is 0 Å². The first-order chi connectivity index (χ1) is 8.42. The Hall–Kier alpha value is -1.87. The lowest BCUT2D eigenvalue weighted by molar-refractivity contribution is 0.745. The Labute approximate surface area is 102 Å². The molecule has 0 saturated carbocycles. The first-order valence-electron chi connectivity index (χ1n) is 5.81. The van der Waals surface area contributed by atoms with E-state index >= 15 is 0 Å². The van der Waals surface area contributed by atoms with Gasteiger partial charge in [-0.05, 0) is 24.6 Å². The Balaban J connectivity index is 2.11. The fraction of sp³-hybridized carbons (Fsp3) is 0.214. The summed E-state index contributed by atoms with van der Waals surface area (Å²) >= 11 is 0. The molecule has 3 heteroatoms. The van der Waals surface area contributed by atoms with Crippen LogP contribution < -0.4 is 5.32 Å². The van der Waals surface area contributed by atoms with E-state index in [-0.39, 0.29) is 0 Å². The highest BCUT2D eigenvalue weighted by Gasteiger charge is 2.02. The van der Waals surface area contributed by atoms with Gasteiger partial charge in [0.15, 0.2) is 0 Å². The average molecular weight is 227 g/mol. The third kappa shape index (κ3) is 3.04. The minimum absolute atomic E-state index is 0.848. The first-order valence-corrected chi connectivity index (χ1v) is 5.81. The zero-order valence-electron chi connectivity index (χ0n) is 10.0. The summed E-state index contributed by atoms with van der Waals surface area (Å²) < 4.78 is 1.90. The van der Waals surface area contributed by atoms with Crippen molar-refractivity contribution < 1.29 is 0 Å². The van der Waals surface area contributed by atoms with Crippen molar-refractivity contribution in [2.75, 3.05) is 6.54 Å². The van der Waals surface area contributed by atoms with Crippen molar-refractivity contribution >= 4 is 0 Å². The van der Waals surface area contributed by atoms with Crippen LogP contribution in [0.3, 0.4) is 0 Å². The van der Waals surface area contributed by atoms with Crippen LogP contribution in [-0.2, 0) is 6.54 Å². The van der Waals surface area contributed by atoms with Crippen LogP contribution in [0.4, 0.5) is 0 Å². The Morgan fingerprint density at radius 3 is 2.94 bits per heavy atom. The highest BCUT2D eigenvalue weighted by Crippen LogP contribution is 2.12. The SMILES string of the molecule is C/C=C/CNCc1ccccc1-n1cccn1. The predicted molar refractivity (Wildman–Crippen MR) is 70.1 cm³/mol. The molecule has 1 aromatic carbocycles. The lowest BCUT2D eigenvalue weighted by Gasteiger charge is -2.09. The number of benzene rings is 1. The van der Waals surface area contributed by atoms with Gasteiger partial charge in [0.05, 0.1) is 5.69 Å². The largest absolute Gasteiger partial charge is 0.309 e. The summed E-state index contributed by atoms with van der Waals surface area (Å²) in [5, 5.41) is 7.64. The van der Waals surface area contributed by atoms with Gasteiger partial charge in [0.1, 0.15) is 0 Å². The molecule has 17 heavy (non-hydrogen) atoms. The van der Waals surface area contributed by atoms with Crippen LogP contribution in [0, 0.1) is 0 Å². The van der Waals surface area contributed by atoms with Crippen LogP contribution in [-0.4, -0.2) is 16.3 Å². The zero-order chi connectivity index (χ0) is 11.9. The topological polar surface area (TPSA) is 29.9 Å². The van der Waals surface area contributed by atoms with Gasteiger partial charge in [0.25, 0.3) is 0 Å². The van der Waals surface area contributed by atoms with Gasteiger partial charge in [-0.1, -0.05) is 30.4 Å². The molecular formula is C14H17N3. The molecule has 1 aromatic heterocycles. The van der Waals surface area contributed by atoms with E-state index in [4.69, 9.17) is 0 Å². The zero-order valence-corrected chi connectivity index (χ0v) is 10.0. The van der Waals surface area contributed by atoms with Crippen molar-refractivity contribution in [2.45, 2.75) is 13.5 Å². The quantitative estimate of drug-likeness (QED) is 0.628. The van der Waals surface area contributed by atoms with Gasteiger partial charge in [0, 0.05) is 25.5 Å². The van der Waals surface area contributed by atoms with E-state index in [1.807, 2.05) is 36.0 Å². The van der Waals surface area contributed by atoms with Crippen molar-refractivity contribution in [1.82, 2.24) is 15.1 Å². The third-order valence-corrected chi connectivity index (χ3v) is 2.56. The van der Waals surface area contributed by atoms with Crippen LogP contribution in [0.1, 0.15) is 12.5 Å². The first kappa shape index (κ1) is 11.6. The fourth-order valence-corrected chi connectivity index (χ4v) is 1.70. The molecule has 0 amide bonds. The number of hydrogen-bond donors (Lipinski definition) is 1. The maximum atomic E-state index is 4.27. The highest BCUT2D eigenvalue weighted by molar-refractivity contribution is 5.40. The Bertz CT molecular complexity index is 472. The highest BCUT2D eigenvalue weighted by atomic mass is 15.3. The summed E-state index contributed by atoms with van der Waals surface area (Å²) in [5.41, 5.74) is 2.38. The second-order valence-corrected chi connectivity index (χ2v) is 3.78. The molecule has 1 N–H and O–H groups in total. The van der Waals surface area contributed by atoms with Crippen molar-refractivity contribution in [3.63, 3.8) is 0 Å². The number of nitrogens with one attached hydrogen (secondary N) is 1. The minimum atomic E-state index is 0.848. The van der Waals surface area contributed by atoms with Crippen LogP contribution in [0.5, 0.6) is 0 Å². The molecule has 1 heterocycles. The number of nitrogens with zero attached hydrogens (tertiary/aromatic N) is 2. The number of hydrogen-bond acceptors (Lipinski definition) is 2. The Morgan fingerprint density at radius 1 is 1.29 bits per heavy atom. The molecule has 0 radical (unpaired) electrons. The van der Waals surface area contributed by atoms with Crippen LogP contribution >= 0.6 is 0 Å². The molecule has 0 atom stereocenters. The minimum Gasteiger partial charge on any atom is -0.309 e. The molecular weight excluding hydrogens is 210 g/mol. The number of rotatable bonds is 5. The molecule has 0 aliphatic rings.